The van der Waals surface area contributed by atoms with Gasteiger partial charge in [-0.1, -0.05) is 12.1 Å². The van der Waals surface area contributed by atoms with Gasteiger partial charge in [-0.05, 0) is 36.6 Å². The van der Waals surface area contributed by atoms with Crippen LogP contribution in [0, 0.1) is 0 Å². The van der Waals surface area contributed by atoms with E-state index in [1.807, 2.05) is 34.9 Å². The van der Waals surface area contributed by atoms with Crippen LogP contribution >= 0.6 is 0 Å². The second kappa shape index (κ2) is 6.16. The number of aromatic amines is 1. The summed E-state index contributed by atoms with van der Waals surface area (Å²) in [5, 5.41) is 0. The lowest BCUT2D eigenvalue weighted by molar-refractivity contribution is 0.424. The number of benzene rings is 1. The molecule has 6 rings (SSSR count). The first-order chi connectivity index (χ1) is 14.3. The minimum absolute atomic E-state index is 0.169. The average molecular weight is 386 g/mol. The fourth-order valence-electron chi connectivity index (χ4n) is 4.33. The van der Waals surface area contributed by atoms with Crippen molar-refractivity contribution in [1.29, 1.82) is 0 Å². The third kappa shape index (κ3) is 2.52. The zero-order valence-electron chi connectivity index (χ0n) is 15.6. The van der Waals surface area contributed by atoms with E-state index in [2.05, 4.69) is 15.0 Å². The number of H-pyrrole nitrogens is 1. The average Bonchev–Trinajstić information content (AvgIpc) is 3.45. The van der Waals surface area contributed by atoms with Gasteiger partial charge in [0.25, 0.3) is 0 Å². The Hall–Kier alpha value is -3.68. The summed E-state index contributed by atoms with van der Waals surface area (Å²) in [6.07, 6.45) is 8.15. The molecule has 0 radical (unpaired) electrons. The molecular formula is C21H18N6O2. The maximum absolute atomic E-state index is 12.7. The van der Waals surface area contributed by atoms with Crippen LogP contribution in [0.25, 0.3) is 28.1 Å². The Labute approximate surface area is 164 Å². The van der Waals surface area contributed by atoms with Crippen molar-refractivity contribution in [3.63, 3.8) is 0 Å². The van der Waals surface area contributed by atoms with Crippen molar-refractivity contribution in [3.05, 3.63) is 70.9 Å². The molecule has 8 nitrogen and oxygen atoms in total. The summed E-state index contributed by atoms with van der Waals surface area (Å²) in [5.74, 6) is 1.77. The minimum Gasteiger partial charge on any atom is -0.469 e. The standard InChI is InChI=1S/C21H18N6O2/c28-21-24-16-10-22-20(27-12-23-15-5-1-2-6-17(15)27)25-19(16)26(21)11-13-4-3-7-18-14(13)8-9-29-18/h1-2,5-6,8-10,12-13H,3-4,7,11H2,(H,24,28). The molecule has 4 aromatic heterocycles. The monoisotopic (exact) mass is 386 g/mol. The molecule has 0 spiro atoms. The Balaban J connectivity index is 1.46. The Morgan fingerprint density at radius 1 is 1.21 bits per heavy atom. The Morgan fingerprint density at radius 3 is 3.10 bits per heavy atom. The van der Waals surface area contributed by atoms with E-state index in [-0.39, 0.29) is 11.6 Å². The maximum Gasteiger partial charge on any atom is 0.327 e. The molecule has 5 aromatic rings. The highest BCUT2D eigenvalue weighted by Crippen LogP contribution is 2.33. The van der Waals surface area contributed by atoms with E-state index in [1.54, 1.807) is 23.4 Å². The SMILES string of the molecule is O=c1[nH]c2cnc(-n3cnc4ccccc43)nc2n1CC1CCCc2occc21. The third-order valence-electron chi connectivity index (χ3n) is 5.75. The number of hydrogen-bond acceptors (Lipinski definition) is 5. The highest BCUT2D eigenvalue weighted by molar-refractivity contribution is 5.77. The molecule has 29 heavy (non-hydrogen) atoms. The molecule has 1 N–H and O–H groups in total. The summed E-state index contributed by atoms with van der Waals surface area (Å²) in [6, 6.07) is 9.85. The van der Waals surface area contributed by atoms with Crippen molar-refractivity contribution < 1.29 is 4.42 Å². The van der Waals surface area contributed by atoms with Gasteiger partial charge in [-0.15, -0.1) is 0 Å². The van der Waals surface area contributed by atoms with Crippen LogP contribution in [-0.2, 0) is 13.0 Å². The van der Waals surface area contributed by atoms with Crippen LogP contribution in [0.1, 0.15) is 30.1 Å². The smallest absolute Gasteiger partial charge is 0.327 e. The zero-order chi connectivity index (χ0) is 19.4. The molecule has 1 aromatic carbocycles. The first-order valence-corrected chi connectivity index (χ1v) is 9.72. The van der Waals surface area contributed by atoms with Crippen LogP contribution in [0.5, 0.6) is 0 Å². The molecule has 144 valence electrons. The van der Waals surface area contributed by atoms with Gasteiger partial charge in [-0.3, -0.25) is 9.13 Å². The normalized spacial score (nSPS) is 16.5. The number of aromatic nitrogens is 6. The topological polar surface area (TPSA) is 94.5 Å². The lowest BCUT2D eigenvalue weighted by atomic mass is 9.87. The largest absolute Gasteiger partial charge is 0.469 e. The molecule has 0 bridgehead atoms. The van der Waals surface area contributed by atoms with Gasteiger partial charge in [0.2, 0.25) is 5.95 Å². The summed E-state index contributed by atoms with van der Waals surface area (Å²) in [4.78, 5) is 29.1. The highest BCUT2D eigenvalue weighted by atomic mass is 16.3. The van der Waals surface area contributed by atoms with E-state index in [4.69, 9.17) is 9.40 Å². The van der Waals surface area contributed by atoms with Gasteiger partial charge < -0.3 is 9.40 Å². The molecule has 8 heteroatoms. The number of rotatable bonds is 3. The number of nitrogens with one attached hydrogen (secondary N) is 1. The molecule has 1 atom stereocenters. The Kier molecular flexibility index (Phi) is 3.46. The van der Waals surface area contributed by atoms with E-state index >= 15 is 0 Å². The summed E-state index contributed by atoms with van der Waals surface area (Å²) >= 11 is 0. The first kappa shape index (κ1) is 16.3. The van der Waals surface area contributed by atoms with Crippen molar-refractivity contribution >= 4 is 22.2 Å². The van der Waals surface area contributed by atoms with E-state index < -0.39 is 0 Å². The summed E-state index contributed by atoms with van der Waals surface area (Å²) in [6.45, 7) is 0.562. The van der Waals surface area contributed by atoms with Gasteiger partial charge in [0, 0.05) is 18.9 Å². The lowest BCUT2D eigenvalue weighted by Crippen LogP contribution is -2.23. The van der Waals surface area contributed by atoms with Crippen molar-refractivity contribution in [2.45, 2.75) is 31.7 Å². The predicted molar refractivity (Wildman–Crippen MR) is 107 cm³/mol. The summed E-state index contributed by atoms with van der Waals surface area (Å²) < 4.78 is 9.15. The number of imidazole rings is 2. The van der Waals surface area contributed by atoms with Crippen molar-refractivity contribution in [2.24, 2.45) is 0 Å². The second-order valence-electron chi connectivity index (χ2n) is 7.44. The van der Waals surface area contributed by atoms with E-state index in [0.717, 1.165) is 36.1 Å². The van der Waals surface area contributed by atoms with Crippen LogP contribution in [0.3, 0.4) is 0 Å². The van der Waals surface area contributed by atoms with Crippen LogP contribution in [0.4, 0.5) is 0 Å². The molecule has 1 aliphatic rings. The van der Waals surface area contributed by atoms with Crippen LogP contribution < -0.4 is 5.69 Å². The van der Waals surface area contributed by atoms with Crippen molar-refractivity contribution in [1.82, 2.24) is 29.1 Å². The Morgan fingerprint density at radius 2 is 2.14 bits per heavy atom. The van der Waals surface area contributed by atoms with Crippen molar-refractivity contribution in [3.8, 4) is 5.95 Å². The number of nitrogens with zero attached hydrogens (tertiary/aromatic N) is 5. The third-order valence-corrected chi connectivity index (χ3v) is 5.75. The van der Waals surface area contributed by atoms with Crippen LogP contribution in [0.15, 0.2) is 58.3 Å². The molecule has 0 aliphatic heterocycles. The highest BCUT2D eigenvalue weighted by Gasteiger charge is 2.25. The van der Waals surface area contributed by atoms with Gasteiger partial charge in [0.1, 0.15) is 17.6 Å². The molecule has 0 fully saturated rings. The van der Waals surface area contributed by atoms with Gasteiger partial charge in [-0.25, -0.2) is 14.8 Å². The minimum atomic E-state index is -0.169. The Bertz CT molecular complexity index is 1410. The zero-order valence-corrected chi connectivity index (χ0v) is 15.6. The van der Waals surface area contributed by atoms with Crippen LogP contribution in [-0.4, -0.2) is 29.1 Å². The fraction of sp³-hybridized carbons (Fsp3) is 0.238. The van der Waals surface area contributed by atoms with E-state index in [9.17, 15) is 4.79 Å². The quantitative estimate of drug-likeness (QED) is 0.514. The molecule has 1 aliphatic carbocycles. The van der Waals surface area contributed by atoms with Gasteiger partial charge in [0.15, 0.2) is 5.65 Å². The molecule has 1 unspecified atom stereocenters. The summed E-state index contributed by atoms with van der Waals surface area (Å²) in [5.41, 5.74) is 4.06. The number of fused-ring (bicyclic) bond motifs is 3. The summed E-state index contributed by atoms with van der Waals surface area (Å²) in [7, 11) is 0. The molecule has 0 amide bonds. The number of hydrogen-bond donors (Lipinski definition) is 1. The number of furan rings is 1. The predicted octanol–water partition coefficient (Wildman–Crippen LogP) is 3.17. The van der Waals surface area contributed by atoms with Crippen LogP contribution in [0.2, 0.25) is 0 Å². The molecular weight excluding hydrogens is 368 g/mol. The van der Waals surface area contributed by atoms with E-state index in [0.29, 0.717) is 23.7 Å². The number of aryl methyl sites for hydroxylation is 1. The van der Waals surface area contributed by atoms with E-state index in [1.165, 1.54) is 5.56 Å². The molecule has 0 saturated carbocycles. The fourth-order valence-corrected chi connectivity index (χ4v) is 4.33. The van der Waals surface area contributed by atoms with Gasteiger partial charge in [-0.2, -0.15) is 4.98 Å². The number of para-hydroxylation sites is 2. The first-order valence-electron chi connectivity index (χ1n) is 9.72. The second-order valence-corrected chi connectivity index (χ2v) is 7.44. The van der Waals surface area contributed by atoms with Crippen molar-refractivity contribution in [2.75, 3.05) is 0 Å². The van der Waals surface area contributed by atoms with Gasteiger partial charge in [0.05, 0.1) is 23.5 Å². The maximum atomic E-state index is 12.7. The molecule has 0 saturated heterocycles. The molecule has 4 heterocycles. The lowest BCUT2D eigenvalue weighted by Gasteiger charge is -2.21. The van der Waals surface area contributed by atoms with Gasteiger partial charge >= 0.3 is 5.69 Å².